The van der Waals surface area contributed by atoms with Crippen molar-refractivity contribution in [1.82, 2.24) is 0 Å². The third-order valence-electron chi connectivity index (χ3n) is 1.75. The summed E-state index contributed by atoms with van der Waals surface area (Å²) in [7, 11) is -4.95. The van der Waals surface area contributed by atoms with Crippen LogP contribution in [0.4, 0.5) is 0 Å². The van der Waals surface area contributed by atoms with Gasteiger partial charge in [-0.1, -0.05) is 32.0 Å². The van der Waals surface area contributed by atoms with E-state index in [9.17, 15) is 14.4 Å². The van der Waals surface area contributed by atoms with E-state index in [1.165, 1.54) is 6.07 Å². The number of hydrogen-bond donors (Lipinski definition) is 0. The molecule has 0 aliphatic heterocycles. The van der Waals surface area contributed by atoms with Crippen LogP contribution in [0.25, 0.3) is 0 Å². The summed E-state index contributed by atoms with van der Waals surface area (Å²) < 4.78 is 14.8. The van der Waals surface area contributed by atoms with Crippen molar-refractivity contribution in [2.45, 2.75) is 19.8 Å². The molecule has 0 aromatic heterocycles. The van der Waals surface area contributed by atoms with E-state index in [1.807, 2.05) is 13.8 Å². The van der Waals surface area contributed by atoms with Crippen LogP contribution >= 0.6 is 7.82 Å². The van der Waals surface area contributed by atoms with Crippen LogP contribution < -0.4 is 14.3 Å². The molecule has 0 atom stereocenters. The summed E-state index contributed by atoms with van der Waals surface area (Å²) in [5.74, 6) is 0.230. The number of phosphoric acid groups is 1. The molecule has 0 heterocycles. The number of hydrogen-bond acceptors (Lipinski definition) is 4. The van der Waals surface area contributed by atoms with Gasteiger partial charge in [0.1, 0.15) is 13.6 Å². The van der Waals surface area contributed by atoms with Gasteiger partial charge in [-0.05, 0) is 17.5 Å². The van der Waals surface area contributed by atoms with Crippen molar-refractivity contribution in [3.8, 4) is 5.75 Å². The predicted molar refractivity (Wildman–Crippen MR) is 48.8 cm³/mol. The maximum absolute atomic E-state index is 10.4. The van der Waals surface area contributed by atoms with Crippen LogP contribution in [0.15, 0.2) is 24.3 Å². The Labute approximate surface area is 82.8 Å². The quantitative estimate of drug-likeness (QED) is 0.704. The normalized spacial score (nSPS) is 11.8. The van der Waals surface area contributed by atoms with Crippen LogP contribution in [-0.4, -0.2) is 0 Å². The largest absolute Gasteiger partial charge is 0.780 e. The topological polar surface area (TPSA) is 72.4 Å². The second kappa shape index (κ2) is 4.13. The van der Waals surface area contributed by atoms with Crippen molar-refractivity contribution >= 4 is 7.82 Å². The smallest absolute Gasteiger partial charge is 0.127 e. The Balaban J connectivity index is 3.02. The molecule has 0 amide bonds. The van der Waals surface area contributed by atoms with Crippen molar-refractivity contribution in [3.05, 3.63) is 29.8 Å². The minimum atomic E-state index is -4.95. The van der Waals surface area contributed by atoms with Crippen LogP contribution in [0.5, 0.6) is 5.75 Å². The lowest BCUT2D eigenvalue weighted by Crippen LogP contribution is -2.19. The molecule has 0 aliphatic carbocycles. The van der Waals surface area contributed by atoms with E-state index in [4.69, 9.17) is 0 Å². The molecule has 1 aromatic carbocycles. The van der Waals surface area contributed by atoms with Gasteiger partial charge in [0.2, 0.25) is 0 Å². The molecule has 0 spiro atoms. The van der Waals surface area contributed by atoms with Crippen LogP contribution in [0, 0.1) is 0 Å². The van der Waals surface area contributed by atoms with Gasteiger partial charge in [-0.2, -0.15) is 0 Å². The maximum Gasteiger partial charge on any atom is 0.127 e. The Morgan fingerprint density at radius 3 is 2.36 bits per heavy atom. The highest BCUT2D eigenvalue weighted by Crippen LogP contribution is 2.34. The van der Waals surface area contributed by atoms with Crippen molar-refractivity contribution in [1.29, 1.82) is 0 Å². The molecule has 0 aliphatic rings. The van der Waals surface area contributed by atoms with Gasteiger partial charge in [-0.3, -0.25) is 0 Å². The fourth-order valence-electron chi connectivity index (χ4n) is 1.16. The molecule has 0 bridgehead atoms. The minimum absolute atomic E-state index is 0.109. The summed E-state index contributed by atoms with van der Waals surface area (Å²) in [5, 5.41) is 0. The average molecular weight is 214 g/mol. The monoisotopic (exact) mass is 214 g/mol. The number of para-hydroxylation sites is 1. The summed E-state index contributed by atoms with van der Waals surface area (Å²) >= 11 is 0. The van der Waals surface area contributed by atoms with Crippen molar-refractivity contribution in [2.24, 2.45) is 0 Å². The molecule has 14 heavy (non-hydrogen) atoms. The lowest BCUT2D eigenvalue weighted by Gasteiger charge is -2.30. The molecule has 5 heteroatoms. The van der Waals surface area contributed by atoms with Crippen LogP contribution in [0.3, 0.4) is 0 Å². The highest BCUT2D eigenvalue weighted by atomic mass is 31.2. The van der Waals surface area contributed by atoms with Crippen LogP contribution in [0.1, 0.15) is 25.3 Å². The van der Waals surface area contributed by atoms with Gasteiger partial charge in [0.25, 0.3) is 0 Å². The molecule has 0 fully saturated rings. The van der Waals surface area contributed by atoms with Gasteiger partial charge in [0, 0.05) is 0 Å². The number of phosphoric ester groups is 1. The summed E-state index contributed by atoms with van der Waals surface area (Å²) in [6.45, 7) is 3.78. The Bertz CT molecular complexity index is 356. The molecule has 1 aromatic rings. The van der Waals surface area contributed by atoms with Crippen LogP contribution in [0.2, 0.25) is 0 Å². The molecule has 0 unspecified atom stereocenters. The summed E-state index contributed by atoms with van der Waals surface area (Å²) in [6.07, 6.45) is 0. The second-order valence-electron chi connectivity index (χ2n) is 3.23. The maximum atomic E-state index is 10.4. The Kier molecular flexibility index (Phi) is 3.32. The molecule has 0 saturated carbocycles. The molecule has 0 saturated heterocycles. The van der Waals surface area contributed by atoms with Crippen LogP contribution in [-0.2, 0) is 4.57 Å². The molecule has 0 radical (unpaired) electrons. The van der Waals surface area contributed by atoms with E-state index in [-0.39, 0.29) is 11.7 Å². The third kappa shape index (κ3) is 3.14. The van der Waals surface area contributed by atoms with Gasteiger partial charge in [0.05, 0.1) is 0 Å². The number of rotatable bonds is 3. The predicted octanol–water partition coefficient (Wildman–Crippen LogP) is 1.02. The summed E-state index contributed by atoms with van der Waals surface area (Å²) in [6, 6.07) is 6.59. The first-order valence-corrected chi connectivity index (χ1v) is 5.67. The van der Waals surface area contributed by atoms with Gasteiger partial charge < -0.3 is 18.9 Å². The molecular formula is C9H11O4P-2. The lowest BCUT2D eigenvalue weighted by molar-refractivity contribution is -0.333. The first-order chi connectivity index (χ1) is 6.40. The first-order valence-electron chi connectivity index (χ1n) is 4.21. The van der Waals surface area contributed by atoms with E-state index in [2.05, 4.69) is 4.52 Å². The SMILES string of the molecule is CC(C)c1ccccc1OP(=O)([O-])[O-]. The van der Waals surface area contributed by atoms with E-state index >= 15 is 0 Å². The van der Waals surface area contributed by atoms with Crippen molar-refractivity contribution < 1.29 is 18.9 Å². The second-order valence-corrected chi connectivity index (χ2v) is 4.31. The van der Waals surface area contributed by atoms with E-state index < -0.39 is 7.82 Å². The van der Waals surface area contributed by atoms with Gasteiger partial charge >= 0.3 is 0 Å². The van der Waals surface area contributed by atoms with E-state index in [1.54, 1.807) is 18.2 Å². The van der Waals surface area contributed by atoms with E-state index in [0.717, 1.165) is 0 Å². The standard InChI is InChI=1S/C9H13O4P/c1-7(2)8-5-3-4-6-9(8)13-14(10,11)12/h3-7H,1-2H3,(H2,10,11,12)/p-2. The number of benzene rings is 1. The molecule has 0 N–H and O–H groups in total. The lowest BCUT2D eigenvalue weighted by atomic mass is 10.0. The molecule has 78 valence electrons. The van der Waals surface area contributed by atoms with Gasteiger partial charge in [-0.15, -0.1) is 0 Å². The zero-order chi connectivity index (χ0) is 10.8. The van der Waals surface area contributed by atoms with Crippen molar-refractivity contribution in [2.75, 3.05) is 0 Å². The van der Waals surface area contributed by atoms with E-state index in [0.29, 0.717) is 5.56 Å². The Hall–Kier alpha value is -0.830. The summed E-state index contributed by atoms with van der Waals surface area (Å²) in [5.41, 5.74) is 0.708. The average Bonchev–Trinajstić information content (AvgIpc) is 2.01. The minimum Gasteiger partial charge on any atom is -0.780 e. The highest BCUT2D eigenvalue weighted by Gasteiger charge is 2.07. The van der Waals surface area contributed by atoms with Crippen molar-refractivity contribution in [3.63, 3.8) is 0 Å². The zero-order valence-electron chi connectivity index (χ0n) is 7.97. The third-order valence-corrected chi connectivity index (χ3v) is 2.17. The fourth-order valence-corrected chi connectivity index (χ4v) is 1.57. The first kappa shape index (κ1) is 11.2. The molecule has 4 nitrogen and oxygen atoms in total. The Morgan fingerprint density at radius 2 is 1.86 bits per heavy atom. The molecular weight excluding hydrogens is 203 g/mol. The highest BCUT2D eigenvalue weighted by molar-refractivity contribution is 7.43. The summed E-state index contributed by atoms with van der Waals surface area (Å²) in [4.78, 5) is 20.9. The fraction of sp³-hybridized carbons (Fsp3) is 0.333. The Morgan fingerprint density at radius 1 is 1.29 bits per heavy atom. The van der Waals surface area contributed by atoms with Gasteiger partial charge in [0.15, 0.2) is 0 Å². The zero-order valence-corrected chi connectivity index (χ0v) is 8.86. The molecule has 1 rings (SSSR count). The van der Waals surface area contributed by atoms with Gasteiger partial charge in [-0.25, -0.2) is 0 Å².